The van der Waals surface area contributed by atoms with Crippen LogP contribution in [0.2, 0.25) is 0 Å². The number of nitrogens with two attached hydrogens (primary N) is 1. The van der Waals surface area contributed by atoms with Crippen LogP contribution in [-0.4, -0.2) is 35.7 Å². The van der Waals surface area contributed by atoms with Gasteiger partial charge in [-0.1, -0.05) is 12.1 Å². The van der Waals surface area contributed by atoms with Gasteiger partial charge >= 0.3 is 6.18 Å². The Hall–Kier alpha value is -1.21. The number of hydrogen-bond acceptors (Lipinski definition) is 2. The van der Waals surface area contributed by atoms with Crippen molar-refractivity contribution >= 4 is 17.7 Å². The fourth-order valence-corrected chi connectivity index (χ4v) is 3.57. The van der Waals surface area contributed by atoms with Crippen LogP contribution in [0, 0.1) is 0 Å². The van der Waals surface area contributed by atoms with Crippen molar-refractivity contribution in [2.24, 2.45) is 0 Å². The van der Waals surface area contributed by atoms with E-state index in [1.807, 2.05) is 0 Å². The van der Waals surface area contributed by atoms with Crippen LogP contribution >= 0.6 is 11.8 Å². The fourth-order valence-electron chi connectivity index (χ4n) is 2.36. The number of rotatable bonds is 5. The number of alkyl halides is 3. The highest BCUT2D eigenvalue weighted by atomic mass is 32.2. The van der Waals surface area contributed by atoms with Gasteiger partial charge in [-0.15, -0.1) is 11.8 Å². The SMILES string of the molecule is CC(C)[NH2+]CCN1C(=O)CS[C@H]1c1ccc(C(F)(F)F)cc1. The van der Waals surface area contributed by atoms with Gasteiger partial charge in [0.05, 0.1) is 30.4 Å². The second-order valence-electron chi connectivity index (χ2n) is 5.64. The van der Waals surface area contributed by atoms with Gasteiger partial charge in [-0.25, -0.2) is 0 Å². The van der Waals surface area contributed by atoms with E-state index in [4.69, 9.17) is 0 Å². The highest BCUT2D eigenvalue weighted by Gasteiger charge is 2.34. The quantitative estimate of drug-likeness (QED) is 0.897. The Balaban J connectivity index is 2.07. The van der Waals surface area contributed by atoms with Crippen LogP contribution in [0.3, 0.4) is 0 Å². The zero-order valence-electron chi connectivity index (χ0n) is 12.6. The summed E-state index contributed by atoms with van der Waals surface area (Å²) in [6.07, 6.45) is -4.33. The number of quaternary nitrogens is 1. The molecule has 0 bridgehead atoms. The Kier molecular flexibility index (Phi) is 5.39. The lowest BCUT2D eigenvalue weighted by molar-refractivity contribution is -0.682. The average molecular weight is 333 g/mol. The molecular formula is C15H20F3N2OS+. The van der Waals surface area contributed by atoms with Crippen molar-refractivity contribution in [3.63, 3.8) is 0 Å². The summed E-state index contributed by atoms with van der Waals surface area (Å²) in [5.74, 6) is 0.431. The first kappa shape index (κ1) is 17.1. The summed E-state index contributed by atoms with van der Waals surface area (Å²) in [6, 6.07) is 5.56. The van der Waals surface area contributed by atoms with Crippen molar-refractivity contribution in [1.29, 1.82) is 0 Å². The third kappa shape index (κ3) is 4.16. The minimum absolute atomic E-state index is 0.0482. The topological polar surface area (TPSA) is 36.9 Å². The van der Waals surface area contributed by atoms with Gasteiger partial charge in [-0.2, -0.15) is 13.2 Å². The van der Waals surface area contributed by atoms with Gasteiger partial charge in [0.2, 0.25) is 5.91 Å². The Morgan fingerprint density at radius 1 is 1.32 bits per heavy atom. The monoisotopic (exact) mass is 333 g/mol. The van der Waals surface area contributed by atoms with Gasteiger partial charge in [-0.05, 0) is 31.5 Å². The maximum atomic E-state index is 12.6. The number of hydrogen-bond donors (Lipinski definition) is 1. The van der Waals surface area contributed by atoms with E-state index in [1.54, 1.807) is 4.90 Å². The molecule has 22 heavy (non-hydrogen) atoms. The first-order chi connectivity index (χ1) is 10.3. The molecule has 7 heteroatoms. The number of thioether (sulfide) groups is 1. The summed E-state index contributed by atoms with van der Waals surface area (Å²) >= 11 is 1.47. The van der Waals surface area contributed by atoms with Crippen LogP contribution in [0.5, 0.6) is 0 Å². The molecule has 1 aromatic carbocycles. The minimum Gasteiger partial charge on any atom is -0.343 e. The molecule has 1 fully saturated rings. The first-order valence-electron chi connectivity index (χ1n) is 7.20. The lowest BCUT2D eigenvalue weighted by atomic mass is 10.1. The van der Waals surface area contributed by atoms with E-state index in [0.29, 0.717) is 18.3 Å². The number of carbonyl (C=O) groups excluding carboxylic acids is 1. The molecule has 1 saturated heterocycles. The Morgan fingerprint density at radius 2 is 1.95 bits per heavy atom. The minimum atomic E-state index is -4.33. The molecule has 1 aliphatic rings. The molecule has 0 unspecified atom stereocenters. The van der Waals surface area contributed by atoms with Gasteiger partial charge in [0.15, 0.2) is 0 Å². The molecule has 0 aliphatic carbocycles. The molecule has 3 nitrogen and oxygen atoms in total. The van der Waals surface area contributed by atoms with Crippen LogP contribution in [0.1, 0.15) is 30.3 Å². The summed E-state index contributed by atoms with van der Waals surface area (Å²) in [7, 11) is 0. The van der Waals surface area contributed by atoms with Crippen molar-refractivity contribution in [2.75, 3.05) is 18.8 Å². The third-order valence-corrected chi connectivity index (χ3v) is 4.76. The molecule has 0 spiro atoms. The van der Waals surface area contributed by atoms with Crippen molar-refractivity contribution < 1.29 is 23.3 Å². The zero-order valence-corrected chi connectivity index (χ0v) is 13.4. The molecular weight excluding hydrogens is 313 g/mol. The number of halogens is 3. The molecule has 0 radical (unpaired) electrons. The average Bonchev–Trinajstić information content (AvgIpc) is 2.79. The van der Waals surface area contributed by atoms with Gasteiger partial charge in [0.1, 0.15) is 5.37 Å². The van der Waals surface area contributed by atoms with Gasteiger partial charge < -0.3 is 10.2 Å². The van der Waals surface area contributed by atoms with E-state index in [-0.39, 0.29) is 11.3 Å². The maximum absolute atomic E-state index is 12.6. The summed E-state index contributed by atoms with van der Waals surface area (Å²) in [4.78, 5) is 13.7. The van der Waals surface area contributed by atoms with Crippen molar-refractivity contribution in [2.45, 2.75) is 31.4 Å². The highest BCUT2D eigenvalue weighted by Crippen LogP contribution is 2.39. The molecule has 1 aromatic rings. The summed E-state index contributed by atoms with van der Waals surface area (Å²) < 4.78 is 37.8. The summed E-state index contributed by atoms with van der Waals surface area (Å²) in [6.45, 7) is 5.55. The van der Waals surface area contributed by atoms with Gasteiger partial charge in [0, 0.05) is 0 Å². The third-order valence-electron chi connectivity index (χ3n) is 3.50. The van der Waals surface area contributed by atoms with Gasteiger partial charge in [0.25, 0.3) is 0 Å². The van der Waals surface area contributed by atoms with E-state index in [0.717, 1.165) is 24.2 Å². The van der Waals surface area contributed by atoms with E-state index in [9.17, 15) is 18.0 Å². The van der Waals surface area contributed by atoms with E-state index in [2.05, 4.69) is 19.2 Å². The molecule has 122 valence electrons. The predicted octanol–water partition coefficient (Wildman–Crippen LogP) is 2.25. The lowest BCUT2D eigenvalue weighted by Crippen LogP contribution is -2.89. The smallest absolute Gasteiger partial charge is 0.343 e. The van der Waals surface area contributed by atoms with Crippen LogP contribution < -0.4 is 5.32 Å². The van der Waals surface area contributed by atoms with Crippen LogP contribution in [0.15, 0.2) is 24.3 Å². The van der Waals surface area contributed by atoms with E-state index in [1.165, 1.54) is 23.9 Å². The molecule has 1 atom stereocenters. The van der Waals surface area contributed by atoms with Gasteiger partial charge in [-0.3, -0.25) is 4.79 Å². The number of amides is 1. The molecule has 2 N–H and O–H groups in total. The second kappa shape index (κ2) is 6.91. The fraction of sp³-hybridized carbons (Fsp3) is 0.533. The van der Waals surface area contributed by atoms with Crippen molar-refractivity contribution in [3.8, 4) is 0 Å². The molecule has 2 rings (SSSR count). The number of benzene rings is 1. The molecule has 0 aromatic heterocycles. The van der Waals surface area contributed by atoms with Crippen LogP contribution in [0.4, 0.5) is 13.2 Å². The van der Waals surface area contributed by atoms with Crippen molar-refractivity contribution in [3.05, 3.63) is 35.4 Å². The summed E-state index contributed by atoms with van der Waals surface area (Å²) in [5.41, 5.74) is 0.0821. The largest absolute Gasteiger partial charge is 0.416 e. The first-order valence-corrected chi connectivity index (χ1v) is 8.25. The Morgan fingerprint density at radius 3 is 2.50 bits per heavy atom. The molecule has 1 amide bonds. The van der Waals surface area contributed by atoms with E-state index < -0.39 is 11.7 Å². The highest BCUT2D eigenvalue weighted by molar-refractivity contribution is 8.00. The summed E-state index contributed by atoms with van der Waals surface area (Å²) in [5, 5.41) is 1.95. The zero-order chi connectivity index (χ0) is 16.3. The van der Waals surface area contributed by atoms with Crippen molar-refractivity contribution in [1.82, 2.24) is 4.90 Å². The Bertz CT molecular complexity index is 517. The predicted molar refractivity (Wildman–Crippen MR) is 80.3 cm³/mol. The number of nitrogens with zero attached hydrogens (tertiary/aromatic N) is 1. The van der Waals surface area contributed by atoms with Crippen LogP contribution in [-0.2, 0) is 11.0 Å². The second-order valence-corrected chi connectivity index (χ2v) is 6.71. The maximum Gasteiger partial charge on any atom is 0.416 e. The molecule has 0 saturated carbocycles. The lowest BCUT2D eigenvalue weighted by Gasteiger charge is -2.24. The Labute approximate surface area is 132 Å². The normalized spacial score (nSPS) is 19.3. The van der Waals surface area contributed by atoms with E-state index >= 15 is 0 Å². The van der Waals surface area contributed by atoms with Crippen LogP contribution in [0.25, 0.3) is 0 Å². The number of carbonyl (C=O) groups is 1. The molecule has 1 heterocycles. The standard InChI is InChI=1S/C15H19F3N2OS/c1-10(2)19-7-8-20-13(21)9-22-14(20)11-3-5-12(6-4-11)15(16,17)18/h3-6,10,14,19H,7-9H2,1-2H3/p+1/t14-/m0/s1. The molecule has 1 aliphatic heterocycles.